The summed E-state index contributed by atoms with van der Waals surface area (Å²) in [6.07, 6.45) is 3.30. The zero-order valence-electron chi connectivity index (χ0n) is 15.5. The van der Waals surface area contributed by atoms with Gasteiger partial charge >= 0.3 is 0 Å². The van der Waals surface area contributed by atoms with Crippen molar-refractivity contribution in [2.24, 2.45) is 0 Å². The van der Waals surface area contributed by atoms with Gasteiger partial charge < -0.3 is 9.67 Å². The third-order valence-electron chi connectivity index (χ3n) is 5.21. The topological polar surface area (TPSA) is 28.4 Å². The molecule has 1 aromatic heterocycles. The largest absolute Gasteiger partial charge is 0.508 e. The number of benzene rings is 2. The van der Waals surface area contributed by atoms with E-state index in [2.05, 4.69) is 65.9 Å². The van der Waals surface area contributed by atoms with Crippen molar-refractivity contribution in [2.45, 2.75) is 39.4 Å². The molecule has 0 saturated carbocycles. The van der Waals surface area contributed by atoms with Gasteiger partial charge in [0.05, 0.1) is 6.04 Å². The van der Waals surface area contributed by atoms with E-state index in [-0.39, 0.29) is 6.04 Å². The lowest BCUT2D eigenvalue weighted by Gasteiger charge is -2.31. The van der Waals surface area contributed by atoms with Gasteiger partial charge in [-0.3, -0.25) is 4.90 Å². The molecule has 1 unspecified atom stereocenters. The Kier molecular flexibility index (Phi) is 4.56. The van der Waals surface area contributed by atoms with Crippen LogP contribution in [0.2, 0.25) is 0 Å². The lowest BCUT2D eigenvalue weighted by molar-refractivity contribution is 0.220. The molecule has 3 nitrogen and oxygen atoms in total. The second-order valence-electron chi connectivity index (χ2n) is 7.44. The molecule has 2 aromatic carbocycles. The van der Waals surface area contributed by atoms with E-state index in [9.17, 15) is 5.11 Å². The van der Waals surface area contributed by atoms with Crippen molar-refractivity contribution in [1.82, 2.24) is 9.47 Å². The van der Waals surface area contributed by atoms with Crippen LogP contribution in [0.4, 0.5) is 0 Å². The Labute approximate surface area is 155 Å². The Morgan fingerprint density at radius 2 is 1.77 bits per heavy atom. The zero-order chi connectivity index (χ0) is 18.1. The first-order valence-corrected chi connectivity index (χ1v) is 9.35. The van der Waals surface area contributed by atoms with Gasteiger partial charge in [-0.1, -0.05) is 41.5 Å². The fourth-order valence-corrected chi connectivity index (χ4v) is 4.28. The molecule has 0 saturated heterocycles. The molecule has 2 heterocycles. The minimum Gasteiger partial charge on any atom is -0.508 e. The molecular formula is C23H26N2O. The minimum atomic E-state index is 0.153. The Morgan fingerprint density at radius 3 is 2.54 bits per heavy atom. The Morgan fingerprint density at radius 1 is 0.962 bits per heavy atom. The van der Waals surface area contributed by atoms with E-state index >= 15 is 0 Å². The molecule has 1 aliphatic rings. The average molecular weight is 346 g/mol. The monoisotopic (exact) mass is 346 g/mol. The van der Waals surface area contributed by atoms with Crippen molar-refractivity contribution in [3.63, 3.8) is 0 Å². The maximum atomic E-state index is 10.0. The highest BCUT2D eigenvalue weighted by molar-refractivity contribution is 5.36. The molecule has 0 aliphatic carbocycles. The number of nitrogens with zero attached hydrogens (tertiary/aromatic N) is 2. The molecule has 0 bridgehead atoms. The van der Waals surface area contributed by atoms with Gasteiger partial charge in [-0.05, 0) is 55.7 Å². The summed E-state index contributed by atoms with van der Waals surface area (Å²) < 4.78 is 2.36. The van der Waals surface area contributed by atoms with E-state index in [0.29, 0.717) is 5.75 Å². The predicted octanol–water partition coefficient (Wildman–Crippen LogP) is 4.81. The number of aromatic hydroxyl groups is 1. The first kappa shape index (κ1) is 16.9. The predicted molar refractivity (Wildman–Crippen MR) is 105 cm³/mol. The standard InChI is InChI=1S/C23H26N2O/c1-17-12-18(2)14-19(13-17)16-25-11-5-10-24-9-4-8-22(24)23(25)20-6-3-7-21(26)15-20/h3-4,6-9,12-15,23,26H,5,10-11,16H2,1-2H3. The second kappa shape index (κ2) is 7.00. The normalized spacial score (nSPS) is 17.7. The summed E-state index contributed by atoms with van der Waals surface area (Å²) in [5.41, 5.74) is 6.43. The molecule has 0 spiro atoms. The van der Waals surface area contributed by atoms with Crippen LogP contribution in [0.1, 0.15) is 40.4 Å². The van der Waals surface area contributed by atoms with Gasteiger partial charge in [0.15, 0.2) is 0 Å². The molecule has 0 amide bonds. The summed E-state index contributed by atoms with van der Waals surface area (Å²) in [5.74, 6) is 0.330. The number of phenolic OH excluding ortho intramolecular Hbond substituents is 1. The summed E-state index contributed by atoms with van der Waals surface area (Å²) in [5, 5.41) is 10.0. The van der Waals surface area contributed by atoms with Crippen LogP contribution in [-0.2, 0) is 13.1 Å². The molecule has 134 valence electrons. The zero-order valence-corrected chi connectivity index (χ0v) is 15.5. The molecule has 4 rings (SSSR count). The molecule has 1 aliphatic heterocycles. The van der Waals surface area contributed by atoms with Crippen molar-refractivity contribution in [3.05, 3.63) is 88.7 Å². The minimum absolute atomic E-state index is 0.153. The highest BCUT2D eigenvalue weighted by Gasteiger charge is 2.27. The van der Waals surface area contributed by atoms with E-state index in [4.69, 9.17) is 0 Å². The lowest BCUT2D eigenvalue weighted by Crippen LogP contribution is -2.29. The summed E-state index contributed by atoms with van der Waals surface area (Å²) in [4.78, 5) is 2.54. The van der Waals surface area contributed by atoms with Crippen LogP contribution >= 0.6 is 0 Å². The van der Waals surface area contributed by atoms with Gasteiger partial charge in [-0.15, -0.1) is 0 Å². The van der Waals surface area contributed by atoms with Gasteiger partial charge in [0.25, 0.3) is 0 Å². The SMILES string of the molecule is Cc1cc(C)cc(CN2CCCn3cccc3C2c2cccc(O)c2)c1. The van der Waals surface area contributed by atoms with Crippen molar-refractivity contribution < 1.29 is 5.11 Å². The molecule has 26 heavy (non-hydrogen) atoms. The van der Waals surface area contributed by atoms with Crippen LogP contribution in [0.5, 0.6) is 5.75 Å². The fraction of sp³-hybridized carbons (Fsp3) is 0.304. The number of phenols is 1. The number of rotatable bonds is 3. The van der Waals surface area contributed by atoms with Crippen LogP contribution in [0.25, 0.3) is 0 Å². The third kappa shape index (κ3) is 3.40. The molecule has 3 heteroatoms. The van der Waals surface area contributed by atoms with Crippen molar-refractivity contribution in [2.75, 3.05) is 6.54 Å². The summed E-state index contributed by atoms with van der Waals surface area (Å²) in [6, 6.07) is 19.0. The van der Waals surface area contributed by atoms with Crippen LogP contribution in [0.3, 0.4) is 0 Å². The van der Waals surface area contributed by atoms with E-state index in [0.717, 1.165) is 31.6 Å². The number of hydrogen-bond donors (Lipinski definition) is 1. The number of aryl methyl sites for hydroxylation is 3. The van der Waals surface area contributed by atoms with Crippen LogP contribution in [0.15, 0.2) is 60.8 Å². The molecule has 1 atom stereocenters. The van der Waals surface area contributed by atoms with Gasteiger partial charge in [-0.25, -0.2) is 0 Å². The molecular weight excluding hydrogens is 320 g/mol. The van der Waals surface area contributed by atoms with Gasteiger partial charge in [0.2, 0.25) is 0 Å². The molecule has 0 fully saturated rings. The van der Waals surface area contributed by atoms with Crippen LogP contribution in [-0.4, -0.2) is 21.1 Å². The maximum Gasteiger partial charge on any atom is 0.115 e. The molecule has 1 N–H and O–H groups in total. The smallest absolute Gasteiger partial charge is 0.115 e. The first-order valence-electron chi connectivity index (χ1n) is 9.35. The van der Waals surface area contributed by atoms with Crippen molar-refractivity contribution >= 4 is 0 Å². The number of hydrogen-bond acceptors (Lipinski definition) is 2. The lowest BCUT2D eigenvalue weighted by atomic mass is 10.00. The third-order valence-corrected chi connectivity index (χ3v) is 5.21. The summed E-state index contributed by atoms with van der Waals surface area (Å²) in [7, 11) is 0. The van der Waals surface area contributed by atoms with Crippen molar-refractivity contribution in [1.29, 1.82) is 0 Å². The van der Waals surface area contributed by atoms with Crippen molar-refractivity contribution in [3.8, 4) is 5.75 Å². The molecule has 3 aromatic rings. The molecule has 0 radical (unpaired) electrons. The quantitative estimate of drug-likeness (QED) is 0.737. The van der Waals surface area contributed by atoms with Crippen LogP contribution < -0.4 is 0 Å². The van der Waals surface area contributed by atoms with E-state index < -0.39 is 0 Å². The van der Waals surface area contributed by atoms with E-state index in [1.54, 1.807) is 6.07 Å². The second-order valence-corrected chi connectivity index (χ2v) is 7.44. The highest BCUT2D eigenvalue weighted by Crippen LogP contribution is 2.34. The maximum absolute atomic E-state index is 10.0. The highest BCUT2D eigenvalue weighted by atomic mass is 16.3. The summed E-state index contributed by atoms with van der Waals surface area (Å²) >= 11 is 0. The fourth-order valence-electron chi connectivity index (χ4n) is 4.28. The average Bonchev–Trinajstić information content (AvgIpc) is 2.95. The Hall–Kier alpha value is -2.52. The number of fused-ring (bicyclic) bond motifs is 1. The van der Waals surface area contributed by atoms with E-state index in [1.807, 2.05) is 12.1 Å². The Bertz CT molecular complexity index is 892. The van der Waals surface area contributed by atoms with E-state index in [1.165, 1.54) is 22.4 Å². The van der Waals surface area contributed by atoms with Gasteiger partial charge in [0.1, 0.15) is 5.75 Å². The van der Waals surface area contributed by atoms with Crippen LogP contribution in [0, 0.1) is 13.8 Å². The number of aromatic nitrogens is 1. The first-order chi connectivity index (χ1) is 12.6. The Balaban J connectivity index is 1.75. The van der Waals surface area contributed by atoms with Gasteiger partial charge in [-0.2, -0.15) is 0 Å². The summed E-state index contributed by atoms with van der Waals surface area (Å²) in [6.45, 7) is 7.32. The van der Waals surface area contributed by atoms with Gasteiger partial charge in [0, 0.05) is 31.5 Å².